The summed E-state index contributed by atoms with van der Waals surface area (Å²) in [6.07, 6.45) is 15.9. The molecule has 2 saturated heterocycles. The highest BCUT2D eigenvalue weighted by Crippen LogP contribution is 2.66. The number of ketones is 4. The van der Waals surface area contributed by atoms with Gasteiger partial charge in [0, 0.05) is 49.9 Å². The van der Waals surface area contributed by atoms with Gasteiger partial charge in [-0.15, -0.1) is 0 Å². The average molecular weight is 1430 g/mol. The van der Waals surface area contributed by atoms with Crippen LogP contribution in [0.3, 0.4) is 0 Å². The molecule has 9 aliphatic rings. The molecular formula is C75H124N8O14S2. The molecule has 0 unspecified atom stereocenters. The Morgan fingerprint density at radius 2 is 0.828 bits per heavy atom. The zero-order valence-electron chi connectivity index (χ0n) is 63.0. The molecule has 0 aromatic carbocycles. The smallest absolute Gasteiger partial charge is 0.315 e. The van der Waals surface area contributed by atoms with Crippen molar-refractivity contribution in [3.05, 3.63) is 0 Å². The number of urea groups is 2. The first-order chi connectivity index (χ1) is 45.6. The summed E-state index contributed by atoms with van der Waals surface area (Å²) >= 11 is 0. The quantitative estimate of drug-likeness (QED) is 0.0398. The van der Waals surface area contributed by atoms with Gasteiger partial charge >= 0.3 is 12.1 Å². The summed E-state index contributed by atoms with van der Waals surface area (Å²) in [5.41, 5.74) is -3.65. The Balaban J connectivity index is 0.000000252. The minimum Gasteiger partial charge on any atom is -0.347 e. The van der Waals surface area contributed by atoms with Crippen LogP contribution in [0.25, 0.3) is 0 Å². The molecule has 0 aromatic heterocycles. The molecule has 99 heavy (non-hydrogen) atoms. The molecule has 0 spiro atoms. The van der Waals surface area contributed by atoms with Crippen LogP contribution in [0.4, 0.5) is 9.59 Å². The number of sulfone groups is 2. The highest BCUT2D eigenvalue weighted by atomic mass is 32.2. The van der Waals surface area contributed by atoms with Gasteiger partial charge in [0.1, 0.15) is 12.1 Å². The normalized spacial score (nSPS) is 26.4. The summed E-state index contributed by atoms with van der Waals surface area (Å²) in [6.45, 7) is 32.3. The van der Waals surface area contributed by atoms with Gasteiger partial charge in [0.05, 0.1) is 44.2 Å². The lowest BCUT2D eigenvalue weighted by molar-refractivity contribution is -0.145. The molecule has 560 valence electrons. The highest BCUT2D eigenvalue weighted by molar-refractivity contribution is 7.93. The first-order valence-corrected chi connectivity index (χ1v) is 40.9. The Bertz CT molecular complexity index is 3290. The number of likely N-dealkylation sites (tertiary alicyclic amines) is 2. The second kappa shape index (κ2) is 29.6. The van der Waals surface area contributed by atoms with E-state index in [9.17, 15) is 64.8 Å². The first-order valence-electron chi connectivity index (χ1n) is 37.6. The number of hydrogen-bond acceptors (Lipinski definition) is 14. The molecule has 2 heterocycles. The Morgan fingerprint density at radius 1 is 0.485 bits per heavy atom. The van der Waals surface area contributed by atoms with Crippen molar-refractivity contribution in [1.29, 1.82) is 0 Å². The molecule has 0 radical (unpaired) electrons. The minimum absolute atomic E-state index is 0.0323. The number of carbonyl (C=O) groups excluding carboxylic acids is 10. The van der Waals surface area contributed by atoms with Gasteiger partial charge in [-0.3, -0.25) is 38.4 Å². The third-order valence-corrected chi connectivity index (χ3v) is 29.6. The SMILES string of the molecule is CC(C)(C)[C@H](NC(=O)NC1(CS(=O)(=O)C(C)(C)C)CCCCC1)C(=O)N1C[C@H]2[C@@H]([C@H]1C(=O)C[C@@H](CCC1CC1)C(=O)C(=O)NC1CC1)C2(C)C.CCCC[C@H](CC(=O)[C@@H]1[C@@H]2[C@H](CN1C(=O)[C@@H](NC(=O)NC1(CS(=O)(=O)C(C)(C)C)CCCCC1)C(C)(C)C)C2(C)C)C(=O)C(=O)NC1CC1. The van der Waals surface area contributed by atoms with Gasteiger partial charge < -0.3 is 41.7 Å². The number of nitrogens with zero attached hydrogens (tertiary/aromatic N) is 2. The molecule has 9 fully saturated rings. The van der Waals surface area contributed by atoms with Crippen LogP contribution in [0.2, 0.25) is 0 Å². The van der Waals surface area contributed by atoms with Gasteiger partial charge in [-0.05, 0) is 163 Å². The van der Waals surface area contributed by atoms with Crippen molar-refractivity contribution in [3.8, 4) is 0 Å². The van der Waals surface area contributed by atoms with E-state index in [2.05, 4.69) is 59.6 Å². The molecular weight excluding hydrogens is 1300 g/mol. The fraction of sp³-hybridized carbons (Fsp3) is 0.867. The van der Waals surface area contributed by atoms with E-state index in [-0.39, 0.29) is 94.3 Å². The fourth-order valence-electron chi connectivity index (χ4n) is 16.5. The van der Waals surface area contributed by atoms with E-state index in [0.717, 1.165) is 89.9 Å². The molecule has 0 aromatic rings. The van der Waals surface area contributed by atoms with E-state index in [1.165, 1.54) is 0 Å². The topological polar surface area (TPSA) is 318 Å². The lowest BCUT2D eigenvalue weighted by Crippen LogP contribution is -2.63. The maximum Gasteiger partial charge on any atom is 0.315 e. The third kappa shape index (κ3) is 19.1. The summed E-state index contributed by atoms with van der Waals surface area (Å²) in [5, 5.41) is 17.4. The summed E-state index contributed by atoms with van der Waals surface area (Å²) in [7, 11) is -7.10. The van der Waals surface area contributed by atoms with Crippen molar-refractivity contribution in [1.82, 2.24) is 41.7 Å². The van der Waals surface area contributed by atoms with Crippen molar-refractivity contribution in [2.45, 2.75) is 322 Å². The summed E-state index contributed by atoms with van der Waals surface area (Å²) in [5.74, 6) is -4.70. The van der Waals surface area contributed by atoms with E-state index in [1.54, 1.807) is 51.3 Å². The fourth-order valence-corrected chi connectivity index (χ4v) is 19.5. The van der Waals surface area contributed by atoms with Crippen LogP contribution in [0.5, 0.6) is 0 Å². The maximum atomic E-state index is 14.5. The van der Waals surface area contributed by atoms with Crippen molar-refractivity contribution in [2.24, 2.45) is 63.1 Å². The molecule has 0 bridgehead atoms. The maximum absolute atomic E-state index is 14.5. The van der Waals surface area contributed by atoms with Gasteiger partial charge in [0.25, 0.3) is 11.8 Å². The van der Waals surface area contributed by atoms with Gasteiger partial charge in [-0.1, -0.05) is 140 Å². The molecule has 7 aliphatic carbocycles. The zero-order valence-corrected chi connectivity index (χ0v) is 64.7. The number of fused-ring (bicyclic) bond motifs is 2. The Hall–Kier alpha value is -5.00. The number of unbranched alkanes of at least 4 members (excludes halogenated alkanes) is 1. The number of nitrogens with one attached hydrogen (secondary N) is 6. The predicted octanol–water partition coefficient (Wildman–Crippen LogP) is 9.43. The van der Waals surface area contributed by atoms with Crippen molar-refractivity contribution >= 4 is 78.5 Å². The second-order valence-electron chi connectivity index (χ2n) is 37.1. The first kappa shape index (κ1) is 79.7. The van der Waals surface area contributed by atoms with Crippen LogP contribution in [0.15, 0.2) is 0 Å². The molecule has 9 rings (SSSR count). The lowest BCUT2D eigenvalue weighted by atomic mass is 9.83. The number of rotatable bonds is 28. The standard InChI is InChI=1S/C38H62N4O7S.C37H62N4O7S/c1-35(2,3)31(40-34(47)41-38(18-10-9-11-19-38)22-50(48,49)36(4,5)6)33(46)42-21-26-28(37(26,7)8)29(42)27(43)20-24(15-14-23-12-13-23)30(44)32(45)39-25-16-17-25;1-10-11-15-23(29(43)31(44)38-24-16-17-24)20-26(42)28-27-25(36(27,8)9)21-41(28)32(45)30(34(2,3)4)39-33(46)40-37(18-13-12-14-19-37)22-49(47,48)35(5,6)7/h23-26,28-29,31H,9-22H2,1-8H3,(H,39,45)(H2,40,41,47);23-25,27-28,30H,10-22H2,1-9H3,(H,38,44)(H2,39,40,46)/t24-,26+,28+,29-,31-;23-,25+,27+,28-,30-/m11/s1. The predicted molar refractivity (Wildman–Crippen MR) is 381 cm³/mol. The average Bonchev–Trinajstić information content (AvgIpc) is 1.53. The lowest BCUT2D eigenvalue weighted by Gasteiger charge is -2.41. The summed E-state index contributed by atoms with van der Waals surface area (Å²) in [4.78, 5) is 140. The number of Topliss-reactive ketones (excluding diaryl/α,β-unsaturated/α-hetero) is 4. The zero-order chi connectivity index (χ0) is 73.8. The second-order valence-corrected chi connectivity index (χ2v) is 42.6. The largest absolute Gasteiger partial charge is 0.347 e. The molecule has 22 nitrogen and oxygen atoms in total. The molecule has 8 amide bonds. The Kier molecular flexibility index (Phi) is 23.9. The summed E-state index contributed by atoms with van der Waals surface area (Å²) in [6, 6.07) is -4.61. The van der Waals surface area contributed by atoms with E-state index >= 15 is 0 Å². The molecule has 7 saturated carbocycles. The van der Waals surface area contributed by atoms with Crippen LogP contribution < -0.4 is 31.9 Å². The van der Waals surface area contributed by atoms with Crippen molar-refractivity contribution in [2.75, 3.05) is 24.6 Å². The van der Waals surface area contributed by atoms with Crippen LogP contribution in [0.1, 0.15) is 265 Å². The van der Waals surface area contributed by atoms with Gasteiger partial charge in [0.15, 0.2) is 31.2 Å². The minimum atomic E-state index is -3.55. The van der Waals surface area contributed by atoms with Crippen LogP contribution in [-0.4, -0.2) is 167 Å². The van der Waals surface area contributed by atoms with E-state index in [1.807, 2.05) is 48.5 Å². The molecule has 10 atom stereocenters. The molecule has 24 heteroatoms. The summed E-state index contributed by atoms with van der Waals surface area (Å²) < 4.78 is 51.3. The van der Waals surface area contributed by atoms with Crippen molar-refractivity contribution < 1.29 is 64.8 Å². The van der Waals surface area contributed by atoms with Crippen LogP contribution >= 0.6 is 0 Å². The number of piperidine rings is 2. The molecule has 6 N–H and O–H groups in total. The number of carbonyl (C=O) groups is 10. The number of hydrogen-bond donors (Lipinski definition) is 6. The number of amides is 8. The molecule has 2 aliphatic heterocycles. The Labute approximate surface area is 591 Å². The third-order valence-electron chi connectivity index (χ3n) is 24.0. The van der Waals surface area contributed by atoms with Crippen LogP contribution in [-0.2, 0) is 58.0 Å². The Morgan fingerprint density at radius 3 is 1.13 bits per heavy atom. The van der Waals surface area contributed by atoms with Crippen molar-refractivity contribution in [3.63, 3.8) is 0 Å². The van der Waals surface area contributed by atoms with E-state index in [0.29, 0.717) is 64.0 Å². The van der Waals surface area contributed by atoms with Crippen LogP contribution in [0, 0.1) is 63.1 Å². The monoisotopic (exact) mass is 1420 g/mol. The van der Waals surface area contributed by atoms with E-state index < -0.39 is 123 Å². The van der Waals surface area contributed by atoms with Gasteiger partial charge in [-0.2, -0.15) is 0 Å². The van der Waals surface area contributed by atoms with Gasteiger partial charge in [0.2, 0.25) is 23.4 Å². The van der Waals surface area contributed by atoms with E-state index in [4.69, 9.17) is 0 Å². The highest BCUT2D eigenvalue weighted by Gasteiger charge is 2.71. The van der Waals surface area contributed by atoms with Gasteiger partial charge in [-0.25, -0.2) is 26.4 Å².